The van der Waals surface area contributed by atoms with E-state index in [4.69, 9.17) is 4.74 Å². The highest BCUT2D eigenvalue weighted by molar-refractivity contribution is 6.05. The minimum atomic E-state index is -0.324. The molecule has 3 rings (SSSR count). The molecule has 2 amide bonds. The minimum absolute atomic E-state index is 0.131. The van der Waals surface area contributed by atoms with Crippen LogP contribution in [0, 0.1) is 6.92 Å². The number of benzene rings is 2. The van der Waals surface area contributed by atoms with Crippen molar-refractivity contribution in [2.75, 3.05) is 19.0 Å². The molecule has 2 aromatic rings. The first-order chi connectivity index (χ1) is 11.6. The van der Waals surface area contributed by atoms with Crippen molar-refractivity contribution >= 4 is 17.7 Å². The maximum Gasteiger partial charge on any atom is 0.409 e. The van der Waals surface area contributed by atoms with Gasteiger partial charge >= 0.3 is 6.09 Å². The van der Waals surface area contributed by atoms with Gasteiger partial charge in [-0.1, -0.05) is 24.3 Å². The van der Waals surface area contributed by atoms with Crippen molar-refractivity contribution < 1.29 is 14.3 Å². The summed E-state index contributed by atoms with van der Waals surface area (Å²) in [5.41, 5.74) is 4.56. The summed E-state index contributed by atoms with van der Waals surface area (Å²) in [7, 11) is 1.39. The van der Waals surface area contributed by atoms with Gasteiger partial charge in [0.15, 0.2) is 0 Å². The Morgan fingerprint density at radius 2 is 1.92 bits per heavy atom. The van der Waals surface area contributed by atoms with Crippen molar-refractivity contribution in [2.45, 2.75) is 19.9 Å². The van der Waals surface area contributed by atoms with Gasteiger partial charge in [0.1, 0.15) is 0 Å². The molecule has 2 aromatic carbocycles. The summed E-state index contributed by atoms with van der Waals surface area (Å²) in [4.78, 5) is 25.8. The highest BCUT2D eigenvalue weighted by atomic mass is 16.5. The van der Waals surface area contributed by atoms with Crippen LogP contribution in [0.25, 0.3) is 0 Å². The Labute approximate surface area is 141 Å². The average Bonchev–Trinajstić information content (AvgIpc) is 2.60. The number of methoxy groups -OCH3 is 1. The molecule has 0 aromatic heterocycles. The zero-order valence-electron chi connectivity index (χ0n) is 13.8. The molecule has 5 nitrogen and oxygen atoms in total. The number of hydrogen-bond donors (Lipinski definition) is 1. The molecule has 1 aliphatic rings. The third kappa shape index (κ3) is 3.25. The number of amides is 2. The Kier molecular flexibility index (Phi) is 4.51. The van der Waals surface area contributed by atoms with Gasteiger partial charge in [-0.2, -0.15) is 0 Å². The second-order valence-electron chi connectivity index (χ2n) is 5.89. The van der Waals surface area contributed by atoms with Crippen LogP contribution in [-0.2, 0) is 17.7 Å². The molecule has 0 fully saturated rings. The van der Waals surface area contributed by atoms with E-state index in [1.807, 2.05) is 49.4 Å². The van der Waals surface area contributed by atoms with Gasteiger partial charge in [0.05, 0.1) is 7.11 Å². The molecule has 0 bridgehead atoms. The molecule has 1 heterocycles. The van der Waals surface area contributed by atoms with Crippen molar-refractivity contribution in [1.82, 2.24) is 4.90 Å². The molecule has 0 aliphatic carbocycles. The van der Waals surface area contributed by atoms with Crippen LogP contribution in [0.5, 0.6) is 0 Å². The maximum atomic E-state index is 12.4. The van der Waals surface area contributed by atoms with Crippen molar-refractivity contribution in [2.24, 2.45) is 0 Å². The van der Waals surface area contributed by atoms with Crippen LogP contribution in [-0.4, -0.2) is 30.6 Å². The number of nitrogens with one attached hydrogen (secondary N) is 1. The molecule has 5 heteroatoms. The number of ether oxygens (including phenoxy) is 1. The van der Waals surface area contributed by atoms with Crippen molar-refractivity contribution in [3.05, 3.63) is 64.7 Å². The summed E-state index contributed by atoms with van der Waals surface area (Å²) in [6.07, 6.45) is 0.464. The van der Waals surface area contributed by atoms with Crippen LogP contribution < -0.4 is 5.32 Å². The normalized spacial score (nSPS) is 13.2. The topological polar surface area (TPSA) is 58.6 Å². The third-order valence-corrected chi connectivity index (χ3v) is 4.30. The van der Waals surface area contributed by atoms with E-state index in [-0.39, 0.29) is 12.0 Å². The molecule has 0 spiro atoms. The summed E-state index contributed by atoms with van der Waals surface area (Å²) in [5.74, 6) is -0.131. The molecule has 24 heavy (non-hydrogen) atoms. The number of hydrogen-bond acceptors (Lipinski definition) is 3. The van der Waals surface area contributed by atoms with Crippen LogP contribution in [0.15, 0.2) is 42.5 Å². The van der Waals surface area contributed by atoms with E-state index in [1.54, 1.807) is 4.90 Å². The lowest BCUT2D eigenvalue weighted by Crippen LogP contribution is -2.35. The molecule has 1 N–H and O–H groups in total. The lowest BCUT2D eigenvalue weighted by atomic mass is 9.99. The Morgan fingerprint density at radius 1 is 1.12 bits per heavy atom. The summed E-state index contributed by atoms with van der Waals surface area (Å²) >= 11 is 0. The van der Waals surface area contributed by atoms with Crippen LogP contribution in [0.4, 0.5) is 10.5 Å². The lowest BCUT2D eigenvalue weighted by molar-refractivity contribution is 0.102. The second-order valence-corrected chi connectivity index (χ2v) is 5.89. The molecule has 124 valence electrons. The fourth-order valence-corrected chi connectivity index (χ4v) is 2.95. The number of anilines is 1. The number of carbonyl (C=O) groups is 2. The van der Waals surface area contributed by atoms with Gasteiger partial charge in [-0.25, -0.2) is 4.79 Å². The van der Waals surface area contributed by atoms with E-state index < -0.39 is 0 Å². The molecule has 0 unspecified atom stereocenters. The second kappa shape index (κ2) is 6.74. The van der Waals surface area contributed by atoms with Gasteiger partial charge in [0.2, 0.25) is 0 Å². The fraction of sp³-hybridized carbons (Fsp3) is 0.263. The van der Waals surface area contributed by atoms with Crippen molar-refractivity contribution in [3.8, 4) is 0 Å². The molecule has 0 radical (unpaired) electrons. The Bertz CT molecular complexity index is 786. The molecule has 0 saturated carbocycles. The predicted molar refractivity (Wildman–Crippen MR) is 92.1 cm³/mol. The lowest BCUT2D eigenvalue weighted by Gasteiger charge is -2.28. The van der Waals surface area contributed by atoms with Gasteiger partial charge in [-0.15, -0.1) is 0 Å². The monoisotopic (exact) mass is 324 g/mol. The van der Waals surface area contributed by atoms with Gasteiger partial charge in [-0.3, -0.25) is 4.79 Å². The largest absolute Gasteiger partial charge is 0.453 e. The highest BCUT2D eigenvalue weighted by Crippen LogP contribution is 2.23. The Morgan fingerprint density at radius 3 is 2.67 bits per heavy atom. The predicted octanol–water partition coefficient (Wildman–Crippen LogP) is 3.37. The van der Waals surface area contributed by atoms with Gasteiger partial charge < -0.3 is 15.0 Å². The Hall–Kier alpha value is -2.82. The van der Waals surface area contributed by atoms with E-state index in [1.165, 1.54) is 12.7 Å². The molecular weight excluding hydrogens is 304 g/mol. The number of carbonyl (C=O) groups excluding carboxylic acids is 2. The Balaban J connectivity index is 1.78. The van der Waals surface area contributed by atoms with Crippen molar-refractivity contribution in [3.63, 3.8) is 0 Å². The number of rotatable bonds is 2. The smallest absolute Gasteiger partial charge is 0.409 e. The summed E-state index contributed by atoms with van der Waals surface area (Å²) < 4.78 is 4.79. The standard InChI is InChI=1S/C19H20N2O3/c1-13-5-3-4-6-17(13)18(22)20-16-8-7-14-9-10-21(19(23)24-2)12-15(14)11-16/h3-8,11H,9-10,12H2,1-2H3,(H,20,22). The number of nitrogens with zero attached hydrogens (tertiary/aromatic N) is 1. The number of aryl methyl sites for hydroxylation is 1. The quantitative estimate of drug-likeness (QED) is 0.921. The highest BCUT2D eigenvalue weighted by Gasteiger charge is 2.21. The van der Waals surface area contributed by atoms with Gasteiger partial charge in [-0.05, 0) is 48.2 Å². The van der Waals surface area contributed by atoms with E-state index >= 15 is 0 Å². The van der Waals surface area contributed by atoms with Gasteiger partial charge in [0.25, 0.3) is 5.91 Å². The number of fused-ring (bicyclic) bond motifs is 1. The average molecular weight is 324 g/mol. The van der Waals surface area contributed by atoms with Crippen LogP contribution in [0.1, 0.15) is 27.0 Å². The molecule has 1 aliphatic heterocycles. The zero-order valence-corrected chi connectivity index (χ0v) is 13.8. The van der Waals surface area contributed by atoms with E-state index in [0.29, 0.717) is 18.7 Å². The first kappa shape index (κ1) is 16.1. The molecule has 0 saturated heterocycles. The van der Waals surface area contributed by atoms with Gasteiger partial charge in [0, 0.05) is 24.3 Å². The summed E-state index contributed by atoms with van der Waals surface area (Å²) in [6.45, 7) is 3.06. The SMILES string of the molecule is COC(=O)N1CCc2ccc(NC(=O)c3ccccc3C)cc2C1. The first-order valence-corrected chi connectivity index (χ1v) is 7.90. The van der Waals surface area contributed by atoms with Crippen LogP contribution in [0.3, 0.4) is 0 Å². The third-order valence-electron chi connectivity index (χ3n) is 4.30. The molecule has 0 atom stereocenters. The fourth-order valence-electron chi connectivity index (χ4n) is 2.95. The minimum Gasteiger partial charge on any atom is -0.453 e. The van der Waals surface area contributed by atoms with Crippen LogP contribution in [0.2, 0.25) is 0 Å². The van der Waals surface area contributed by atoms with E-state index in [2.05, 4.69) is 5.32 Å². The summed E-state index contributed by atoms with van der Waals surface area (Å²) in [5, 5.41) is 2.93. The van der Waals surface area contributed by atoms with Crippen LogP contribution >= 0.6 is 0 Å². The van der Waals surface area contributed by atoms with E-state index in [0.717, 1.165) is 23.2 Å². The maximum absolute atomic E-state index is 12.4. The molecular formula is C19H20N2O3. The van der Waals surface area contributed by atoms with E-state index in [9.17, 15) is 9.59 Å². The first-order valence-electron chi connectivity index (χ1n) is 7.90. The van der Waals surface area contributed by atoms with Crippen molar-refractivity contribution in [1.29, 1.82) is 0 Å². The zero-order chi connectivity index (χ0) is 17.1. The summed E-state index contributed by atoms with van der Waals surface area (Å²) in [6, 6.07) is 13.3.